The van der Waals surface area contributed by atoms with Crippen molar-refractivity contribution in [3.8, 4) is 5.69 Å². The van der Waals surface area contributed by atoms with Crippen molar-refractivity contribution in [2.24, 2.45) is 4.99 Å². The predicted molar refractivity (Wildman–Crippen MR) is 148 cm³/mol. The Morgan fingerprint density at radius 3 is 2.12 bits per heavy atom. The molecule has 1 N–H and O–H groups in total. The number of amides is 2. The molecule has 0 aliphatic carbocycles. The number of carbonyl (C=O) groups excluding carboxylic acids is 2. The van der Waals surface area contributed by atoms with Crippen LogP contribution in [0.5, 0.6) is 0 Å². The van der Waals surface area contributed by atoms with Crippen molar-refractivity contribution in [2.75, 3.05) is 0 Å². The van der Waals surface area contributed by atoms with Gasteiger partial charge in [0, 0.05) is 23.3 Å². The number of rotatable bonds is 6. The molecule has 0 atom stereocenters. The summed E-state index contributed by atoms with van der Waals surface area (Å²) >= 11 is 6.63. The molecule has 1 aromatic heterocycles. The molecule has 1 aliphatic rings. The fourth-order valence-corrected chi connectivity index (χ4v) is 4.39. The molecule has 41 heavy (non-hydrogen) atoms. The molecule has 2 amide bonds. The van der Waals surface area contributed by atoms with Crippen LogP contribution in [-0.4, -0.2) is 42.3 Å². The predicted octanol–water partition coefficient (Wildman–Crippen LogP) is 4.63. The molecule has 3 aromatic carbocycles. The van der Waals surface area contributed by atoms with Crippen LogP contribution in [-0.2, 0) is 4.79 Å². The number of nitrogens with zero attached hydrogens (tertiary/aromatic N) is 6. The fourth-order valence-electron chi connectivity index (χ4n) is 4.06. The van der Waals surface area contributed by atoms with Crippen LogP contribution < -0.4 is 5.43 Å². The van der Waals surface area contributed by atoms with E-state index in [9.17, 15) is 29.8 Å². The molecule has 0 unspecified atom stereocenters. The molecule has 0 bridgehead atoms. The third-order valence-corrected chi connectivity index (χ3v) is 6.38. The molecular formula is C27H18ClN7O6. The summed E-state index contributed by atoms with van der Waals surface area (Å²) in [6.45, 7) is 1.71. The summed E-state index contributed by atoms with van der Waals surface area (Å²) in [4.78, 5) is 52.2. The quantitative estimate of drug-likeness (QED) is 0.200. The summed E-state index contributed by atoms with van der Waals surface area (Å²) in [7, 11) is 0. The van der Waals surface area contributed by atoms with Gasteiger partial charge in [-0.2, -0.15) is 10.1 Å². The molecule has 4 aromatic rings. The van der Waals surface area contributed by atoms with Gasteiger partial charge in [0.1, 0.15) is 10.9 Å². The largest absolute Gasteiger partial charge is 0.288 e. The van der Waals surface area contributed by atoms with E-state index in [-0.39, 0.29) is 16.7 Å². The van der Waals surface area contributed by atoms with E-state index in [1.54, 1.807) is 37.3 Å². The van der Waals surface area contributed by atoms with Crippen LogP contribution in [0.1, 0.15) is 27.2 Å². The zero-order valence-corrected chi connectivity index (χ0v) is 21.8. The van der Waals surface area contributed by atoms with Crippen LogP contribution >= 0.6 is 11.6 Å². The van der Waals surface area contributed by atoms with Crippen molar-refractivity contribution in [1.82, 2.24) is 20.2 Å². The number of hydrazine groups is 1. The van der Waals surface area contributed by atoms with Crippen LogP contribution in [0.15, 0.2) is 89.6 Å². The summed E-state index contributed by atoms with van der Waals surface area (Å²) < 4.78 is 1.51. The Hall–Kier alpha value is -5.69. The lowest BCUT2D eigenvalue weighted by atomic mass is 10.1. The van der Waals surface area contributed by atoms with Crippen LogP contribution in [0.3, 0.4) is 0 Å². The average molecular weight is 572 g/mol. The number of aryl methyl sites for hydroxylation is 1. The van der Waals surface area contributed by atoms with Gasteiger partial charge in [-0.15, -0.1) is 0 Å². The molecule has 13 nitrogen and oxygen atoms in total. The standard InChI is InChI=1S/C27H18ClN7O6/c1-16-22(24(28)32(30-16)19-10-6-3-7-11-19)15-23-26(36)31-33(25(29-23)17-8-4-2-5-9-17)27(37)18-12-20(34(38)39)14-21(13-18)35(40)41/h2-15H,1H3,(H,31,36)/b23-15-. The minimum atomic E-state index is -0.974. The number of non-ortho nitro benzene ring substituents is 2. The Bertz CT molecular complexity index is 1750. The molecule has 204 valence electrons. The summed E-state index contributed by atoms with van der Waals surface area (Å²) in [5.74, 6) is -1.79. The highest BCUT2D eigenvalue weighted by Gasteiger charge is 2.33. The Labute approximate surface area is 236 Å². The van der Waals surface area contributed by atoms with Gasteiger partial charge < -0.3 is 0 Å². The van der Waals surface area contributed by atoms with Gasteiger partial charge in [-0.1, -0.05) is 60.1 Å². The molecule has 0 saturated carbocycles. The number of hydrogen-bond acceptors (Lipinski definition) is 8. The molecule has 14 heteroatoms. The molecule has 1 aliphatic heterocycles. The highest BCUT2D eigenvalue weighted by molar-refractivity contribution is 6.31. The van der Waals surface area contributed by atoms with Gasteiger partial charge in [0.2, 0.25) is 0 Å². The topological polar surface area (TPSA) is 166 Å². The second-order valence-electron chi connectivity index (χ2n) is 8.70. The zero-order chi connectivity index (χ0) is 29.3. The maximum absolute atomic E-state index is 13.5. The molecule has 5 rings (SSSR count). The number of benzene rings is 3. The third-order valence-electron chi connectivity index (χ3n) is 6.02. The number of aliphatic imine (C=N–C) groups is 1. The first kappa shape index (κ1) is 26.9. The maximum atomic E-state index is 13.5. The summed E-state index contributed by atoms with van der Waals surface area (Å²) in [5, 5.41) is 28.2. The van der Waals surface area contributed by atoms with Gasteiger partial charge in [0.05, 0.1) is 32.9 Å². The first-order chi connectivity index (χ1) is 19.6. The number of carbonyl (C=O) groups is 2. The number of halogens is 1. The monoisotopic (exact) mass is 571 g/mol. The van der Waals surface area contributed by atoms with E-state index in [2.05, 4.69) is 15.5 Å². The van der Waals surface area contributed by atoms with E-state index in [4.69, 9.17) is 11.6 Å². The summed E-state index contributed by atoms with van der Waals surface area (Å²) in [6, 6.07) is 20.0. The molecule has 0 spiro atoms. The van der Waals surface area contributed by atoms with E-state index in [1.807, 2.05) is 30.3 Å². The average Bonchev–Trinajstić information content (AvgIpc) is 3.26. The number of nitro benzene ring substituents is 2. The highest BCUT2D eigenvalue weighted by atomic mass is 35.5. The van der Waals surface area contributed by atoms with Gasteiger partial charge in [-0.25, -0.2) is 9.67 Å². The minimum Gasteiger partial charge on any atom is -0.267 e. The first-order valence-electron chi connectivity index (χ1n) is 11.9. The number of nitrogens with one attached hydrogen (secondary N) is 1. The number of para-hydroxylation sites is 1. The maximum Gasteiger partial charge on any atom is 0.288 e. The van der Waals surface area contributed by atoms with Crippen LogP contribution in [0.25, 0.3) is 11.8 Å². The van der Waals surface area contributed by atoms with Crippen molar-refractivity contribution < 1.29 is 19.4 Å². The fraction of sp³-hybridized carbons (Fsp3) is 0.0370. The zero-order valence-electron chi connectivity index (χ0n) is 21.1. The second kappa shape index (κ2) is 10.8. The Morgan fingerprint density at radius 1 is 0.951 bits per heavy atom. The number of nitro groups is 2. The molecule has 2 heterocycles. The van der Waals surface area contributed by atoms with Gasteiger partial charge in [-0.3, -0.25) is 35.2 Å². The van der Waals surface area contributed by atoms with E-state index >= 15 is 0 Å². The summed E-state index contributed by atoms with van der Waals surface area (Å²) in [5.41, 5.74) is 2.67. The molecular weight excluding hydrogens is 554 g/mol. The van der Waals surface area contributed by atoms with Crippen LogP contribution in [0, 0.1) is 27.2 Å². The second-order valence-corrected chi connectivity index (χ2v) is 9.06. The number of hydrogen-bond donors (Lipinski definition) is 1. The first-order valence-corrected chi connectivity index (χ1v) is 12.3. The smallest absolute Gasteiger partial charge is 0.267 e. The molecule has 0 fully saturated rings. The number of aromatic nitrogens is 2. The molecule has 0 radical (unpaired) electrons. The lowest BCUT2D eigenvalue weighted by Crippen LogP contribution is -2.53. The lowest BCUT2D eigenvalue weighted by molar-refractivity contribution is -0.394. The van der Waals surface area contributed by atoms with Crippen molar-refractivity contribution in [3.63, 3.8) is 0 Å². The van der Waals surface area contributed by atoms with Crippen LogP contribution in [0.4, 0.5) is 11.4 Å². The third kappa shape index (κ3) is 5.29. The number of amidine groups is 1. The van der Waals surface area contributed by atoms with Gasteiger partial charge >= 0.3 is 0 Å². The SMILES string of the molecule is Cc1nn(-c2ccccc2)c(Cl)c1/C=C1\N=C(c2ccccc2)N(C(=O)c2cc([N+](=O)[O-])cc([N+](=O)[O-])c2)NC1=O. The summed E-state index contributed by atoms with van der Waals surface area (Å²) in [6.07, 6.45) is 1.43. The lowest BCUT2D eigenvalue weighted by Gasteiger charge is -2.28. The van der Waals surface area contributed by atoms with Crippen molar-refractivity contribution in [1.29, 1.82) is 0 Å². The van der Waals surface area contributed by atoms with E-state index in [1.165, 1.54) is 10.8 Å². The molecule has 0 saturated heterocycles. The van der Waals surface area contributed by atoms with Crippen molar-refractivity contribution >= 4 is 46.7 Å². The van der Waals surface area contributed by atoms with Gasteiger partial charge in [-0.05, 0) is 25.1 Å². The Morgan fingerprint density at radius 2 is 1.54 bits per heavy atom. The van der Waals surface area contributed by atoms with E-state index < -0.39 is 38.6 Å². The highest BCUT2D eigenvalue weighted by Crippen LogP contribution is 2.28. The van der Waals surface area contributed by atoms with Crippen molar-refractivity contribution in [3.05, 3.63) is 132 Å². The minimum absolute atomic E-state index is 0.0279. The van der Waals surface area contributed by atoms with Crippen LogP contribution in [0.2, 0.25) is 5.15 Å². The Kier molecular flexibility index (Phi) is 7.10. The van der Waals surface area contributed by atoms with E-state index in [0.29, 0.717) is 22.5 Å². The van der Waals surface area contributed by atoms with Gasteiger partial charge in [0.25, 0.3) is 23.2 Å². The van der Waals surface area contributed by atoms with Crippen molar-refractivity contribution in [2.45, 2.75) is 6.92 Å². The van der Waals surface area contributed by atoms with Gasteiger partial charge in [0.15, 0.2) is 5.84 Å². The van der Waals surface area contributed by atoms with E-state index in [0.717, 1.165) is 23.2 Å². The Balaban J connectivity index is 1.61. The normalized spacial score (nSPS) is 14.0.